The molecule has 10 atom stereocenters. The quantitative estimate of drug-likeness (QED) is 0.499. The van der Waals surface area contributed by atoms with Gasteiger partial charge >= 0.3 is 5.97 Å². The second-order valence-electron chi connectivity index (χ2n) is 12.4. The Kier molecular flexibility index (Phi) is 4.85. The normalized spacial score (nSPS) is 53.0. The minimum Gasteiger partial charge on any atom is -0.461 e. The molecule has 2 bridgehead atoms. The van der Waals surface area contributed by atoms with Gasteiger partial charge in [0.05, 0.1) is 24.2 Å². The predicted molar refractivity (Wildman–Crippen MR) is 123 cm³/mol. The van der Waals surface area contributed by atoms with E-state index in [0.717, 1.165) is 32.1 Å². The summed E-state index contributed by atoms with van der Waals surface area (Å²) in [4.78, 5) is 25.8. The number of allylic oxidation sites excluding steroid dienone is 4. The van der Waals surface area contributed by atoms with Crippen molar-refractivity contribution in [1.29, 1.82) is 0 Å². The van der Waals surface area contributed by atoms with Gasteiger partial charge in [-0.1, -0.05) is 24.6 Å². The van der Waals surface area contributed by atoms with Crippen LogP contribution in [0.4, 0.5) is 0 Å². The predicted octanol–water partition coefficient (Wildman–Crippen LogP) is 4.24. The molecule has 4 fully saturated rings. The standard InChI is InChI=1S/C28H38O5/c1-26-12-11-21-17(8-7-16-5-4-6-24(30)28(16,21)3)19(26)9-10-20(26)18-15-32-27(2)13-23(18)33-25(31)22(27)14-29/h4,6-7,17-23,29H,5,8-15H2,1-3H3/t17-,18-,19-,20+,21-,22-,23-,26-,27-,28-/m0/s1. The van der Waals surface area contributed by atoms with Crippen molar-refractivity contribution in [3.05, 3.63) is 23.8 Å². The molecule has 0 radical (unpaired) electrons. The Balaban J connectivity index is 1.27. The molecule has 0 amide bonds. The maximum absolute atomic E-state index is 13.1. The summed E-state index contributed by atoms with van der Waals surface area (Å²) in [5, 5.41) is 9.73. The summed E-state index contributed by atoms with van der Waals surface area (Å²) in [7, 11) is 0. The van der Waals surface area contributed by atoms with Gasteiger partial charge in [0.1, 0.15) is 12.0 Å². The highest BCUT2D eigenvalue weighted by Crippen LogP contribution is 2.67. The molecule has 2 heterocycles. The topological polar surface area (TPSA) is 72.8 Å². The van der Waals surface area contributed by atoms with Crippen LogP contribution in [-0.4, -0.2) is 41.8 Å². The van der Waals surface area contributed by atoms with Gasteiger partial charge in [-0.15, -0.1) is 0 Å². The zero-order chi connectivity index (χ0) is 23.2. The van der Waals surface area contributed by atoms with Crippen LogP contribution in [0.15, 0.2) is 23.8 Å². The minimum absolute atomic E-state index is 0.113. The van der Waals surface area contributed by atoms with E-state index < -0.39 is 11.5 Å². The fourth-order valence-electron chi connectivity index (χ4n) is 9.41. The number of carbonyl (C=O) groups excluding carboxylic acids is 2. The lowest BCUT2D eigenvalue weighted by Crippen LogP contribution is -2.61. The van der Waals surface area contributed by atoms with Gasteiger partial charge in [0.15, 0.2) is 5.78 Å². The Morgan fingerprint density at radius 2 is 1.82 bits per heavy atom. The second-order valence-corrected chi connectivity index (χ2v) is 12.4. The Morgan fingerprint density at radius 1 is 1.06 bits per heavy atom. The number of ether oxygens (including phenoxy) is 2. The number of ketones is 1. The summed E-state index contributed by atoms with van der Waals surface area (Å²) in [5.74, 6) is 1.71. The Morgan fingerprint density at radius 3 is 2.58 bits per heavy atom. The Bertz CT molecular complexity index is 937. The Labute approximate surface area is 197 Å². The van der Waals surface area contributed by atoms with Crippen molar-refractivity contribution in [2.45, 2.75) is 77.4 Å². The first-order valence-corrected chi connectivity index (χ1v) is 13.1. The fraction of sp³-hybridized carbons (Fsp3) is 0.786. The third-order valence-corrected chi connectivity index (χ3v) is 11.4. The molecule has 4 aliphatic carbocycles. The molecule has 6 aliphatic rings. The third-order valence-electron chi connectivity index (χ3n) is 11.4. The maximum Gasteiger partial charge on any atom is 0.314 e. The molecule has 5 heteroatoms. The molecule has 0 spiro atoms. The number of carbonyl (C=O) groups is 2. The van der Waals surface area contributed by atoms with Gasteiger partial charge in [-0.25, -0.2) is 0 Å². The van der Waals surface area contributed by atoms with Crippen LogP contribution >= 0.6 is 0 Å². The van der Waals surface area contributed by atoms with E-state index in [0.29, 0.717) is 42.5 Å². The van der Waals surface area contributed by atoms with Crippen LogP contribution in [0.2, 0.25) is 0 Å². The van der Waals surface area contributed by atoms with Crippen molar-refractivity contribution in [2.24, 2.45) is 46.3 Å². The first kappa shape index (κ1) is 22.0. The zero-order valence-electron chi connectivity index (χ0n) is 20.2. The molecule has 33 heavy (non-hydrogen) atoms. The van der Waals surface area contributed by atoms with E-state index in [2.05, 4.69) is 19.9 Å². The van der Waals surface area contributed by atoms with Gasteiger partial charge in [0.25, 0.3) is 0 Å². The first-order chi connectivity index (χ1) is 15.7. The summed E-state index contributed by atoms with van der Waals surface area (Å²) in [5.41, 5.74) is 0.612. The highest BCUT2D eigenvalue weighted by molar-refractivity contribution is 5.98. The van der Waals surface area contributed by atoms with E-state index in [9.17, 15) is 14.7 Å². The largest absolute Gasteiger partial charge is 0.461 e. The molecule has 0 aromatic heterocycles. The average molecular weight is 455 g/mol. The molecular formula is C28H38O5. The highest BCUT2D eigenvalue weighted by atomic mass is 16.6. The fourth-order valence-corrected chi connectivity index (χ4v) is 9.41. The Hall–Kier alpha value is -1.46. The summed E-state index contributed by atoms with van der Waals surface area (Å²) in [6.45, 7) is 7.04. The van der Waals surface area contributed by atoms with Gasteiger partial charge in [0, 0.05) is 12.3 Å². The molecule has 2 saturated carbocycles. The van der Waals surface area contributed by atoms with E-state index in [-0.39, 0.29) is 35.4 Å². The number of aliphatic hydroxyl groups is 1. The van der Waals surface area contributed by atoms with Crippen molar-refractivity contribution in [3.8, 4) is 0 Å². The van der Waals surface area contributed by atoms with E-state index in [1.54, 1.807) is 0 Å². The molecule has 2 aliphatic heterocycles. The molecule has 180 valence electrons. The number of rotatable bonds is 2. The summed E-state index contributed by atoms with van der Waals surface area (Å²) >= 11 is 0. The van der Waals surface area contributed by atoms with Crippen LogP contribution < -0.4 is 0 Å². The monoisotopic (exact) mass is 454 g/mol. The van der Waals surface area contributed by atoms with Crippen LogP contribution in [0.1, 0.15) is 65.7 Å². The third kappa shape index (κ3) is 2.84. The molecule has 0 aromatic carbocycles. The summed E-state index contributed by atoms with van der Waals surface area (Å²) in [6, 6.07) is 0. The van der Waals surface area contributed by atoms with Crippen LogP contribution in [0.5, 0.6) is 0 Å². The summed E-state index contributed by atoms with van der Waals surface area (Å²) in [6.07, 6.45) is 13.4. The molecular weight excluding hydrogens is 416 g/mol. The van der Waals surface area contributed by atoms with Crippen molar-refractivity contribution in [3.63, 3.8) is 0 Å². The maximum atomic E-state index is 13.1. The van der Waals surface area contributed by atoms with Gasteiger partial charge in [0.2, 0.25) is 0 Å². The number of esters is 1. The van der Waals surface area contributed by atoms with E-state index in [1.807, 2.05) is 19.1 Å². The zero-order valence-corrected chi connectivity index (χ0v) is 20.2. The van der Waals surface area contributed by atoms with Crippen LogP contribution in [0.25, 0.3) is 0 Å². The number of hydrogen-bond acceptors (Lipinski definition) is 5. The number of aliphatic hydroxyl groups excluding tert-OH is 1. The van der Waals surface area contributed by atoms with Crippen LogP contribution in [0, 0.1) is 46.3 Å². The first-order valence-electron chi connectivity index (χ1n) is 13.1. The van der Waals surface area contributed by atoms with E-state index in [4.69, 9.17) is 9.47 Å². The van der Waals surface area contributed by atoms with E-state index >= 15 is 0 Å². The van der Waals surface area contributed by atoms with E-state index in [1.165, 1.54) is 12.0 Å². The van der Waals surface area contributed by atoms with Crippen molar-refractivity contribution in [1.82, 2.24) is 0 Å². The second kappa shape index (κ2) is 7.27. The van der Waals surface area contributed by atoms with Gasteiger partial charge < -0.3 is 14.6 Å². The lowest BCUT2D eigenvalue weighted by Gasteiger charge is -2.58. The lowest BCUT2D eigenvalue weighted by atomic mass is 9.47. The van der Waals surface area contributed by atoms with Crippen LogP contribution in [-0.2, 0) is 19.1 Å². The van der Waals surface area contributed by atoms with Crippen LogP contribution in [0.3, 0.4) is 0 Å². The lowest BCUT2D eigenvalue weighted by molar-refractivity contribution is -0.240. The van der Waals surface area contributed by atoms with Gasteiger partial charge in [-0.3, -0.25) is 9.59 Å². The SMILES string of the molecule is C[C@]12C(=O)C=CCC1=CC[C@@H]1[C@@H]2CC[C@]2(C)[C@@H]([C@@H]3CO[C@@]4(C)C[C@@H]3OC(=O)[C@@H]4CO)CC[C@@H]12. The molecule has 6 rings (SSSR count). The molecule has 2 saturated heterocycles. The smallest absolute Gasteiger partial charge is 0.314 e. The van der Waals surface area contributed by atoms with Crippen molar-refractivity contribution >= 4 is 11.8 Å². The molecule has 0 unspecified atom stereocenters. The summed E-state index contributed by atoms with van der Waals surface area (Å²) < 4.78 is 12.3. The van der Waals surface area contributed by atoms with Gasteiger partial charge in [-0.2, -0.15) is 0 Å². The number of hydrogen-bond donors (Lipinski definition) is 1. The molecule has 1 N–H and O–H groups in total. The van der Waals surface area contributed by atoms with Crippen molar-refractivity contribution in [2.75, 3.05) is 13.2 Å². The molecule has 5 nitrogen and oxygen atoms in total. The average Bonchev–Trinajstić information content (AvgIpc) is 3.12. The van der Waals surface area contributed by atoms with Crippen molar-refractivity contribution < 1.29 is 24.2 Å². The minimum atomic E-state index is -0.615. The van der Waals surface area contributed by atoms with Gasteiger partial charge in [-0.05, 0) is 87.5 Å². The highest BCUT2D eigenvalue weighted by Gasteiger charge is 2.63. The number of fused-ring (bicyclic) bond motifs is 7. The molecule has 0 aromatic rings.